The fraction of sp³-hybridized carbons (Fsp3) is 0.545. The topological polar surface area (TPSA) is 96.3 Å². The summed E-state index contributed by atoms with van der Waals surface area (Å²) in [6.45, 7) is 6.63. The first-order valence-electron chi connectivity index (χ1n) is 11.0. The molecule has 1 aromatic carbocycles. The molecule has 1 heterocycles. The Morgan fingerprint density at radius 1 is 1.16 bits per heavy atom. The third kappa shape index (κ3) is 5.53. The quantitative estimate of drug-likeness (QED) is 0.582. The molecule has 9 heteroatoms. The van der Waals surface area contributed by atoms with Crippen molar-refractivity contribution in [3.05, 3.63) is 42.1 Å². The van der Waals surface area contributed by atoms with Crippen molar-refractivity contribution in [1.29, 1.82) is 0 Å². The normalized spacial score (nSPS) is 16.0. The Kier molecular flexibility index (Phi) is 7.85. The number of benzene rings is 1. The molecular formula is C22H33N5O3S. The lowest BCUT2D eigenvalue weighted by Gasteiger charge is -2.19. The van der Waals surface area contributed by atoms with Crippen LogP contribution in [0, 0.1) is 0 Å². The number of amides is 1. The van der Waals surface area contributed by atoms with Crippen molar-refractivity contribution in [2.24, 2.45) is 0 Å². The van der Waals surface area contributed by atoms with Crippen LogP contribution in [0.5, 0.6) is 0 Å². The Morgan fingerprint density at radius 2 is 1.81 bits per heavy atom. The third-order valence-corrected chi connectivity index (χ3v) is 7.96. The molecule has 1 fully saturated rings. The summed E-state index contributed by atoms with van der Waals surface area (Å²) in [6.07, 6.45) is 6.31. The largest absolute Gasteiger partial charge is 0.310 e. The molecule has 2 aromatic rings. The molecule has 0 unspecified atom stereocenters. The number of carbonyl (C=O) groups excluding carboxylic acids is 1. The van der Waals surface area contributed by atoms with E-state index in [0.717, 1.165) is 24.2 Å². The second-order valence-corrected chi connectivity index (χ2v) is 9.85. The number of sulfonamides is 1. The first-order valence-corrected chi connectivity index (χ1v) is 12.5. The zero-order valence-corrected chi connectivity index (χ0v) is 19.4. The van der Waals surface area contributed by atoms with Gasteiger partial charge >= 0.3 is 0 Å². The van der Waals surface area contributed by atoms with Crippen LogP contribution in [-0.4, -0.2) is 48.0 Å². The molecule has 0 radical (unpaired) electrons. The second-order valence-electron chi connectivity index (χ2n) is 7.91. The van der Waals surface area contributed by atoms with Crippen molar-refractivity contribution in [2.75, 3.05) is 25.0 Å². The van der Waals surface area contributed by atoms with Crippen molar-refractivity contribution < 1.29 is 13.2 Å². The summed E-state index contributed by atoms with van der Waals surface area (Å²) < 4.78 is 28.6. The van der Waals surface area contributed by atoms with Gasteiger partial charge in [-0.15, -0.1) is 0 Å². The number of nitrogens with zero attached hydrogens (tertiary/aromatic N) is 3. The van der Waals surface area contributed by atoms with Crippen molar-refractivity contribution in [1.82, 2.24) is 19.4 Å². The minimum absolute atomic E-state index is 0.101. The Morgan fingerprint density at radius 3 is 2.42 bits per heavy atom. The van der Waals surface area contributed by atoms with E-state index in [4.69, 9.17) is 0 Å². The maximum atomic E-state index is 12.6. The van der Waals surface area contributed by atoms with Gasteiger partial charge in [0.2, 0.25) is 15.9 Å². The van der Waals surface area contributed by atoms with Crippen LogP contribution < -0.4 is 10.6 Å². The fourth-order valence-electron chi connectivity index (χ4n) is 4.04. The van der Waals surface area contributed by atoms with E-state index in [1.165, 1.54) is 17.1 Å². The molecule has 1 aliphatic rings. The summed E-state index contributed by atoms with van der Waals surface area (Å²) in [4.78, 5) is 12.7. The summed E-state index contributed by atoms with van der Waals surface area (Å²) in [7, 11) is -3.47. The second kappa shape index (κ2) is 10.4. The molecule has 1 saturated carbocycles. The first-order chi connectivity index (χ1) is 14.9. The monoisotopic (exact) mass is 447 g/mol. The predicted octanol–water partition coefficient (Wildman–Crippen LogP) is 3.32. The van der Waals surface area contributed by atoms with Gasteiger partial charge in [-0.05, 0) is 37.5 Å². The number of hydrogen-bond acceptors (Lipinski definition) is 5. The minimum atomic E-state index is -3.47. The van der Waals surface area contributed by atoms with Gasteiger partial charge in [0.15, 0.2) is 0 Å². The van der Waals surface area contributed by atoms with Gasteiger partial charge in [-0.2, -0.15) is 9.40 Å². The maximum Gasteiger partial charge on any atom is 0.243 e. The average Bonchev–Trinajstić information content (AvgIpc) is 3.44. The molecule has 170 valence electrons. The molecule has 8 nitrogen and oxygen atoms in total. The van der Waals surface area contributed by atoms with Gasteiger partial charge in [0.05, 0.1) is 23.7 Å². The molecule has 1 aromatic heterocycles. The van der Waals surface area contributed by atoms with E-state index >= 15 is 0 Å². The van der Waals surface area contributed by atoms with E-state index in [9.17, 15) is 13.2 Å². The summed E-state index contributed by atoms with van der Waals surface area (Å²) in [5.41, 5.74) is 0.919. The smallest absolute Gasteiger partial charge is 0.243 e. The molecule has 1 amide bonds. The van der Waals surface area contributed by atoms with E-state index in [1.807, 2.05) is 31.5 Å². The number of carbonyl (C=O) groups is 1. The molecule has 3 rings (SSSR count). The summed E-state index contributed by atoms with van der Waals surface area (Å²) in [6, 6.07) is 8.93. The first kappa shape index (κ1) is 23.4. The van der Waals surface area contributed by atoms with E-state index in [0.29, 0.717) is 19.1 Å². The van der Waals surface area contributed by atoms with Gasteiger partial charge in [-0.3, -0.25) is 4.79 Å². The SMILES string of the molecule is CCN(CC)S(=O)(=O)c1ccc([C@H](C)NCC(=O)Nc2ccnn2C2CCCC2)cc1. The van der Waals surface area contributed by atoms with Crippen LogP contribution in [0.15, 0.2) is 41.4 Å². The van der Waals surface area contributed by atoms with Gasteiger partial charge < -0.3 is 10.6 Å². The maximum absolute atomic E-state index is 12.6. The molecule has 31 heavy (non-hydrogen) atoms. The minimum Gasteiger partial charge on any atom is -0.310 e. The van der Waals surface area contributed by atoms with E-state index in [2.05, 4.69) is 15.7 Å². The number of hydrogen-bond donors (Lipinski definition) is 2. The van der Waals surface area contributed by atoms with E-state index < -0.39 is 10.0 Å². The Balaban J connectivity index is 1.55. The Bertz CT molecular complexity index is 961. The number of rotatable bonds is 10. The summed E-state index contributed by atoms with van der Waals surface area (Å²) in [5, 5.41) is 10.5. The lowest BCUT2D eigenvalue weighted by Crippen LogP contribution is -2.31. The van der Waals surface area contributed by atoms with Crippen molar-refractivity contribution in [3.8, 4) is 0 Å². The highest BCUT2D eigenvalue weighted by atomic mass is 32.2. The van der Waals surface area contributed by atoms with Gasteiger partial charge in [-0.25, -0.2) is 13.1 Å². The van der Waals surface area contributed by atoms with Gasteiger partial charge in [-0.1, -0.05) is 38.8 Å². The zero-order valence-electron chi connectivity index (χ0n) is 18.5. The van der Waals surface area contributed by atoms with Crippen molar-refractivity contribution >= 4 is 21.7 Å². The number of nitrogens with one attached hydrogen (secondary N) is 2. The molecule has 0 bridgehead atoms. The third-order valence-electron chi connectivity index (χ3n) is 5.90. The molecular weight excluding hydrogens is 414 g/mol. The lowest BCUT2D eigenvalue weighted by molar-refractivity contribution is -0.115. The molecule has 0 aliphatic heterocycles. The van der Waals surface area contributed by atoms with Crippen LogP contribution in [0.25, 0.3) is 0 Å². The number of aromatic nitrogens is 2. The van der Waals surface area contributed by atoms with Crippen molar-refractivity contribution in [3.63, 3.8) is 0 Å². The summed E-state index contributed by atoms with van der Waals surface area (Å²) in [5.74, 6) is 0.602. The fourth-order valence-corrected chi connectivity index (χ4v) is 5.50. The van der Waals surface area contributed by atoms with Crippen LogP contribution in [-0.2, 0) is 14.8 Å². The highest BCUT2D eigenvalue weighted by molar-refractivity contribution is 7.89. The Labute approximate surface area is 185 Å². The molecule has 1 atom stereocenters. The highest BCUT2D eigenvalue weighted by Gasteiger charge is 2.22. The molecule has 0 saturated heterocycles. The van der Waals surface area contributed by atoms with E-state index in [1.54, 1.807) is 30.5 Å². The average molecular weight is 448 g/mol. The van der Waals surface area contributed by atoms with E-state index in [-0.39, 0.29) is 23.4 Å². The van der Waals surface area contributed by atoms with Crippen LogP contribution in [0.2, 0.25) is 0 Å². The van der Waals surface area contributed by atoms with Crippen LogP contribution in [0.4, 0.5) is 5.82 Å². The Hall–Kier alpha value is -2.23. The number of anilines is 1. The van der Waals surface area contributed by atoms with Gasteiger partial charge in [0.1, 0.15) is 5.82 Å². The highest BCUT2D eigenvalue weighted by Crippen LogP contribution is 2.31. The molecule has 2 N–H and O–H groups in total. The van der Waals surface area contributed by atoms with Gasteiger partial charge in [0.25, 0.3) is 0 Å². The zero-order chi connectivity index (χ0) is 22.4. The van der Waals surface area contributed by atoms with Crippen molar-refractivity contribution in [2.45, 2.75) is 63.4 Å². The van der Waals surface area contributed by atoms with Gasteiger partial charge in [0, 0.05) is 25.2 Å². The van der Waals surface area contributed by atoms with Crippen LogP contribution >= 0.6 is 0 Å². The standard InChI is InChI=1S/C22H33N5O3S/c1-4-26(5-2)31(29,30)20-12-10-18(11-13-20)17(3)23-16-22(28)25-21-14-15-24-27(21)19-8-6-7-9-19/h10-15,17,19,23H,4-9,16H2,1-3H3,(H,25,28)/t17-/m0/s1. The van der Waals surface area contributed by atoms with Crippen LogP contribution in [0.3, 0.4) is 0 Å². The summed E-state index contributed by atoms with van der Waals surface area (Å²) >= 11 is 0. The lowest BCUT2D eigenvalue weighted by atomic mass is 10.1. The molecule has 1 aliphatic carbocycles. The predicted molar refractivity (Wildman–Crippen MR) is 121 cm³/mol. The molecule has 0 spiro atoms. The van der Waals surface area contributed by atoms with Crippen LogP contribution in [0.1, 0.15) is 64.1 Å².